The summed E-state index contributed by atoms with van der Waals surface area (Å²) in [5.74, 6) is -0.335. The topological polar surface area (TPSA) is 93.5 Å². The summed E-state index contributed by atoms with van der Waals surface area (Å²) in [5, 5.41) is 9.87. The smallest absolute Gasteiger partial charge is 0.256 e. The summed E-state index contributed by atoms with van der Waals surface area (Å²) in [6.07, 6.45) is 0. The maximum absolute atomic E-state index is 10.0. The SMILES string of the molecule is NC(=Nc1ccc(Cl)c(Cl)c1)N[N+](=O)[O-]. The van der Waals surface area contributed by atoms with Gasteiger partial charge in [-0.05, 0) is 18.2 Å². The van der Waals surface area contributed by atoms with E-state index in [1.54, 1.807) is 5.43 Å². The van der Waals surface area contributed by atoms with Crippen molar-refractivity contribution in [3.63, 3.8) is 0 Å². The second-order valence-corrected chi connectivity index (χ2v) is 3.28. The Hall–Kier alpha value is -1.53. The van der Waals surface area contributed by atoms with Crippen LogP contribution in [0.1, 0.15) is 0 Å². The van der Waals surface area contributed by atoms with Gasteiger partial charge in [0.2, 0.25) is 0 Å². The molecule has 80 valence electrons. The number of nitrogens with zero attached hydrogens (tertiary/aromatic N) is 2. The van der Waals surface area contributed by atoms with Gasteiger partial charge in [0.25, 0.3) is 5.96 Å². The van der Waals surface area contributed by atoms with Crippen LogP contribution in [0.4, 0.5) is 5.69 Å². The molecule has 0 saturated carbocycles. The average Bonchev–Trinajstić information content (AvgIpc) is 2.10. The molecule has 0 saturated heterocycles. The summed E-state index contributed by atoms with van der Waals surface area (Å²) in [6, 6.07) is 4.49. The second kappa shape index (κ2) is 4.81. The molecule has 0 fully saturated rings. The zero-order chi connectivity index (χ0) is 11.4. The Kier molecular flexibility index (Phi) is 3.70. The van der Waals surface area contributed by atoms with Gasteiger partial charge in [0.15, 0.2) is 5.03 Å². The third-order valence-electron chi connectivity index (χ3n) is 1.36. The Balaban J connectivity index is 2.88. The van der Waals surface area contributed by atoms with Gasteiger partial charge >= 0.3 is 0 Å². The Morgan fingerprint density at radius 2 is 2.13 bits per heavy atom. The van der Waals surface area contributed by atoms with Gasteiger partial charge in [0, 0.05) is 0 Å². The summed E-state index contributed by atoms with van der Waals surface area (Å²) in [5.41, 5.74) is 7.29. The quantitative estimate of drug-likeness (QED) is 0.361. The molecule has 0 bridgehead atoms. The molecule has 0 radical (unpaired) electrons. The molecule has 6 nitrogen and oxygen atoms in total. The number of benzene rings is 1. The minimum atomic E-state index is -0.809. The van der Waals surface area contributed by atoms with Crippen LogP contribution < -0.4 is 11.2 Å². The second-order valence-electron chi connectivity index (χ2n) is 2.46. The molecule has 0 aromatic heterocycles. The van der Waals surface area contributed by atoms with Crippen molar-refractivity contribution in [3.05, 3.63) is 38.4 Å². The number of halogens is 2. The molecular weight excluding hydrogens is 243 g/mol. The number of hydrogen-bond acceptors (Lipinski definition) is 3. The lowest BCUT2D eigenvalue weighted by molar-refractivity contribution is -0.525. The number of aliphatic imine (C=N–C) groups is 1. The number of hydrogen-bond donors (Lipinski definition) is 2. The lowest BCUT2D eigenvalue weighted by Gasteiger charge is -1.99. The monoisotopic (exact) mass is 248 g/mol. The molecule has 15 heavy (non-hydrogen) atoms. The fourth-order valence-corrected chi connectivity index (χ4v) is 1.10. The van der Waals surface area contributed by atoms with Crippen molar-refractivity contribution in [1.29, 1.82) is 0 Å². The van der Waals surface area contributed by atoms with Gasteiger partial charge < -0.3 is 5.73 Å². The van der Waals surface area contributed by atoms with E-state index in [4.69, 9.17) is 28.9 Å². The van der Waals surface area contributed by atoms with Gasteiger partial charge in [-0.15, -0.1) is 0 Å². The van der Waals surface area contributed by atoms with Crippen molar-refractivity contribution in [2.45, 2.75) is 0 Å². The summed E-state index contributed by atoms with van der Waals surface area (Å²) in [7, 11) is 0. The molecule has 3 N–H and O–H groups in total. The van der Waals surface area contributed by atoms with E-state index < -0.39 is 5.03 Å². The number of nitro groups is 1. The summed E-state index contributed by atoms with van der Waals surface area (Å²) in [6.45, 7) is 0. The van der Waals surface area contributed by atoms with E-state index in [1.807, 2.05) is 0 Å². The van der Waals surface area contributed by atoms with Crippen molar-refractivity contribution in [2.75, 3.05) is 0 Å². The van der Waals surface area contributed by atoms with E-state index in [-0.39, 0.29) is 5.96 Å². The van der Waals surface area contributed by atoms with Gasteiger partial charge in [0.1, 0.15) is 0 Å². The molecule has 0 atom stereocenters. The molecule has 0 aliphatic heterocycles. The first kappa shape index (κ1) is 11.5. The van der Waals surface area contributed by atoms with Crippen LogP contribution >= 0.6 is 23.2 Å². The summed E-state index contributed by atoms with van der Waals surface area (Å²) in [4.78, 5) is 13.7. The molecule has 1 aromatic carbocycles. The molecule has 0 aliphatic carbocycles. The first-order valence-electron chi connectivity index (χ1n) is 3.69. The van der Waals surface area contributed by atoms with Gasteiger partial charge in [-0.1, -0.05) is 28.6 Å². The first-order chi connectivity index (χ1) is 6.99. The number of rotatable bonds is 2. The number of nitrogens with two attached hydrogens (primary N) is 1. The number of hydrazine groups is 1. The zero-order valence-electron chi connectivity index (χ0n) is 7.28. The van der Waals surface area contributed by atoms with Gasteiger partial charge in [-0.25, -0.2) is 15.1 Å². The highest BCUT2D eigenvalue weighted by atomic mass is 35.5. The Bertz CT molecular complexity index is 421. The Labute approximate surface area is 94.8 Å². The fraction of sp³-hybridized carbons (Fsp3) is 0. The van der Waals surface area contributed by atoms with Gasteiger partial charge in [0.05, 0.1) is 15.7 Å². The normalized spacial score (nSPS) is 11.2. The standard InChI is InChI=1S/C7H6Cl2N4O2/c8-5-2-1-4(3-6(5)9)11-7(10)12-13(14)15/h1-3H,(H3,10,11,12). The predicted octanol–water partition coefficient (Wildman–Crippen LogP) is 1.72. The highest BCUT2D eigenvalue weighted by Crippen LogP contribution is 2.26. The number of guanidine groups is 1. The van der Waals surface area contributed by atoms with Crippen molar-refractivity contribution < 1.29 is 5.03 Å². The lowest BCUT2D eigenvalue weighted by atomic mass is 10.3. The Morgan fingerprint density at radius 1 is 1.47 bits per heavy atom. The third-order valence-corrected chi connectivity index (χ3v) is 2.10. The number of nitrogens with one attached hydrogen (secondary N) is 1. The molecule has 0 aliphatic rings. The predicted molar refractivity (Wildman–Crippen MR) is 57.9 cm³/mol. The third kappa shape index (κ3) is 3.61. The van der Waals surface area contributed by atoms with Crippen LogP contribution in [0.2, 0.25) is 10.0 Å². The van der Waals surface area contributed by atoms with Crippen LogP contribution in [0.3, 0.4) is 0 Å². The molecule has 1 rings (SSSR count). The maximum atomic E-state index is 10.0. The van der Waals surface area contributed by atoms with Crippen molar-refractivity contribution >= 4 is 34.8 Å². The van der Waals surface area contributed by atoms with E-state index in [1.165, 1.54) is 18.2 Å². The highest BCUT2D eigenvalue weighted by molar-refractivity contribution is 6.42. The van der Waals surface area contributed by atoms with E-state index in [0.29, 0.717) is 15.7 Å². The van der Waals surface area contributed by atoms with Gasteiger partial charge in [-0.2, -0.15) is 0 Å². The van der Waals surface area contributed by atoms with Crippen LogP contribution in [0.5, 0.6) is 0 Å². The van der Waals surface area contributed by atoms with Crippen LogP contribution in [0.15, 0.2) is 23.2 Å². The minimum absolute atomic E-state index is 0.298. The van der Waals surface area contributed by atoms with E-state index in [0.717, 1.165) is 0 Å². The molecule has 8 heteroatoms. The van der Waals surface area contributed by atoms with Crippen LogP contribution in [-0.2, 0) is 0 Å². The highest BCUT2D eigenvalue weighted by Gasteiger charge is 2.02. The average molecular weight is 249 g/mol. The van der Waals surface area contributed by atoms with E-state index in [2.05, 4.69) is 4.99 Å². The van der Waals surface area contributed by atoms with Crippen molar-refractivity contribution in [3.8, 4) is 0 Å². The van der Waals surface area contributed by atoms with Crippen molar-refractivity contribution in [2.24, 2.45) is 10.7 Å². The lowest BCUT2D eigenvalue weighted by Crippen LogP contribution is -2.35. The molecule has 0 amide bonds. The van der Waals surface area contributed by atoms with Gasteiger partial charge in [-0.3, -0.25) is 0 Å². The molecule has 0 spiro atoms. The summed E-state index contributed by atoms with van der Waals surface area (Å²) < 4.78 is 0. The van der Waals surface area contributed by atoms with E-state index in [9.17, 15) is 10.1 Å². The Morgan fingerprint density at radius 3 is 2.67 bits per heavy atom. The van der Waals surface area contributed by atoms with Crippen molar-refractivity contribution in [1.82, 2.24) is 5.43 Å². The molecule has 1 aromatic rings. The van der Waals surface area contributed by atoms with E-state index >= 15 is 0 Å². The fourth-order valence-electron chi connectivity index (χ4n) is 0.812. The first-order valence-corrected chi connectivity index (χ1v) is 4.45. The molecular formula is C7H6Cl2N4O2. The summed E-state index contributed by atoms with van der Waals surface area (Å²) >= 11 is 11.4. The van der Waals surface area contributed by atoms with Crippen LogP contribution in [0.25, 0.3) is 0 Å². The molecule has 0 unspecified atom stereocenters. The molecule has 0 heterocycles. The zero-order valence-corrected chi connectivity index (χ0v) is 8.79. The van der Waals surface area contributed by atoms with Crippen LogP contribution in [0, 0.1) is 10.1 Å². The minimum Gasteiger partial charge on any atom is -0.365 e. The largest absolute Gasteiger partial charge is 0.365 e. The van der Waals surface area contributed by atoms with Crippen LogP contribution in [-0.4, -0.2) is 11.0 Å². The maximum Gasteiger partial charge on any atom is 0.256 e.